The van der Waals surface area contributed by atoms with Crippen molar-refractivity contribution in [2.75, 3.05) is 5.73 Å². The molecule has 0 aliphatic rings. The van der Waals surface area contributed by atoms with Gasteiger partial charge >= 0.3 is 0 Å². The molecule has 6 heteroatoms. The fraction of sp³-hybridized carbons (Fsp3) is 0.0909. The summed E-state index contributed by atoms with van der Waals surface area (Å²) in [5.74, 6) is 0.794. The van der Waals surface area contributed by atoms with Gasteiger partial charge in [-0.3, -0.25) is 4.40 Å². The van der Waals surface area contributed by atoms with Crippen LogP contribution in [0.25, 0.3) is 16.3 Å². The summed E-state index contributed by atoms with van der Waals surface area (Å²) in [7, 11) is 0. The van der Waals surface area contributed by atoms with Crippen LogP contribution < -0.4 is 5.73 Å². The number of nitrogens with zero attached hydrogens (tertiary/aromatic N) is 3. The molecule has 86 valence electrons. The van der Waals surface area contributed by atoms with E-state index >= 15 is 0 Å². The Kier molecular flexibility index (Phi) is 2.31. The van der Waals surface area contributed by atoms with Crippen molar-refractivity contribution < 1.29 is 0 Å². The molecular weight excluding hydrogens is 256 g/mol. The molecule has 0 bridgehead atoms. The van der Waals surface area contributed by atoms with E-state index < -0.39 is 0 Å². The van der Waals surface area contributed by atoms with Crippen molar-refractivity contribution in [3.63, 3.8) is 0 Å². The lowest BCUT2D eigenvalue weighted by Crippen LogP contribution is -1.92. The minimum Gasteiger partial charge on any atom is -0.398 e. The highest BCUT2D eigenvalue weighted by molar-refractivity contribution is 7.15. The highest BCUT2D eigenvalue weighted by Gasteiger charge is 2.12. The van der Waals surface area contributed by atoms with Crippen LogP contribution in [0, 0.1) is 6.92 Å². The lowest BCUT2D eigenvalue weighted by molar-refractivity contribution is 1.09. The number of nitrogens with two attached hydrogens (primary N) is 1. The molecular formula is C11H9ClN4S. The standard InChI is InChI=1S/C11H9ClN4S/c1-6-5-17-11-15-14-10(16(6)11)7-2-3-8(12)9(13)4-7/h2-5H,13H2,1H3. The SMILES string of the molecule is Cc1csc2nnc(-c3ccc(Cl)c(N)c3)n12. The predicted octanol–water partition coefficient (Wildman–Crippen LogP) is 3.00. The predicted molar refractivity (Wildman–Crippen MR) is 70.5 cm³/mol. The number of rotatable bonds is 1. The summed E-state index contributed by atoms with van der Waals surface area (Å²) in [5.41, 5.74) is 8.37. The zero-order valence-corrected chi connectivity index (χ0v) is 10.6. The first-order valence-corrected chi connectivity index (χ1v) is 6.27. The summed E-state index contributed by atoms with van der Waals surface area (Å²) in [6.07, 6.45) is 0. The number of aromatic nitrogens is 3. The maximum atomic E-state index is 5.90. The number of thiazole rings is 1. The van der Waals surface area contributed by atoms with Gasteiger partial charge in [-0.05, 0) is 25.1 Å². The number of anilines is 1. The average Bonchev–Trinajstić information content (AvgIpc) is 2.86. The third-order valence-electron chi connectivity index (χ3n) is 2.58. The second-order valence-corrected chi connectivity index (χ2v) is 5.00. The van der Waals surface area contributed by atoms with E-state index in [1.165, 1.54) is 0 Å². The maximum Gasteiger partial charge on any atom is 0.216 e. The maximum absolute atomic E-state index is 5.90. The summed E-state index contributed by atoms with van der Waals surface area (Å²) in [6, 6.07) is 5.48. The third kappa shape index (κ3) is 1.59. The number of fused-ring (bicyclic) bond motifs is 1. The Morgan fingerprint density at radius 2 is 2.18 bits per heavy atom. The summed E-state index contributed by atoms with van der Waals surface area (Å²) in [6.45, 7) is 2.02. The van der Waals surface area contributed by atoms with Gasteiger partial charge in [0.2, 0.25) is 4.96 Å². The Hall–Kier alpha value is -1.59. The van der Waals surface area contributed by atoms with Gasteiger partial charge in [0.05, 0.1) is 10.7 Å². The molecule has 0 amide bonds. The number of halogens is 1. The fourth-order valence-electron chi connectivity index (χ4n) is 1.72. The van der Waals surface area contributed by atoms with Crippen molar-refractivity contribution in [2.45, 2.75) is 6.92 Å². The molecule has 3 aromatic rings. The van der Waals surface area contributed by atoms with Crippen LogP contribution in [0.2, 0.25) is 5.02 Å². The molecule has 0 spiro atoms. The quantitative estimate of drug-likeness (QED) is 0.688. The number of hydrogen-bond donors (Lipinski definition) is 1. The van der Waals surface area contributed by atoms with Crippen LogP contribution in [-0.2, 0) is 0 Å². The van der Waals surface area contributed by atoms with Gasteiger partial charge < -0.3 is 5.73 Å². The number of hydrogen-bond acceptors (Lipinski definition) is 4. The van der Waals surface area contributed by atoms with E-state index in [0.29, 0.717) is 10.7 Å². The molecule has 0 aliphatic heterocycles. The molecule has 17 heavy (non-hydrogen) atoms. The number of nitrogen functional groups attached to an aromatic ring is 1. The van der Waals surface area contributed by atoms with Crippen LogP contribution in [0.15, 0.2) is 23.6 Å². The zero-order chi connectivity index (χ0) is 12.0. The van der Waals surface area contributed by atoms with Gasteiger partial charge in [0, 0.05) is 16.6 Å². The zero-order valence-electron chi connectivity index (χ0n) is 9.01. The van der Waals surface area contributed by atoms with E-state index in [4.69, 9.17) is 17.3 Å². The van der Waals surface area contributed by atoms with Gasteiger partial charge in [0.1, 0.15) is 0 Å². The first kappa shape index (κ1) is 10.6. The van der Waals surface area contributed by atoms with Crippen LogP contribution in [0.3, 0.4) is 0 Å². The van der Waals surface area contributed by atoms with E-state index in [1.807, 2.05) is 28.8 Å². The van der Waals surface area contributed by atoms with Gasteiger partial charge in [0.25, 0.3) is 0 Å². The number of aryl methyl sites for hydroxylation is 1. The number of benzene rings is 1. The van der Waals surface area contributed by atoms with Gasteiger partial charge in [-0.15, -0.1) is 21.5 Å². The highest BCUT2D eigenvalue weighted by Crippen LogP contribution is 2.27. The minimum atomic E-state index is 0.550. The molecule has 0 aliphatic carbocycles. The summed E-state index contributed by atoms with van der Waals surface area (Å²) >= 11 is 7.47. The molecule has 0 saturated carbocycles. The van der Waals surface area contributed by atoms with Crippen LogP contribution in [0.5, 0.6) is 0 Å². The normalized spacial score (nSPS) is 11.2. The van der Waals surface area contributed by atoms with E-state index in [0.717, 1.165) is 22.0 Å². The van der Waals surface area contributed by atoms with E-state index in [9.17, 15) is 0 Å². The molecule has 2 N–H and O–H groups in total. The Morgan fingerprint density at radius 3 is 2.94 bits per heavy atom. The largest absolute Gasteiger partial charge is 0.398 e. The van der Waals surface area contributed by atoms with Crippen LogP contribution in [0.4, 0.5) is 5.69 Å². The molecule has 0 saturated heterocycles. The van der Waals surface area contributed by atoms with Crippen LogP contribution >= 0.6 is 22.9 Å². The lowest BCUT2D eigenvalue weighted by Gasteiger charge is -2.02. The summed E-state index contributed by atoms with van der Waals surface area (Å²) < 4.78 is 2.01. The first-order valence-electron chi connectivity index (χ1n) is 5.01. The minimum absolute atomic E-state index is 0.550. The second kappa shape index (κ2) is 3.72. The molecule has 0 radical (unpaired) electrons. The Morgan fingerprint density at radius 1 is 1.35 bits per heavy atom. The second-order valence-electron chi connectivity index (χ2n) is 3.75. The average molecular weight is 265 g/mol. The molecule has 0 unspecified atom stereocenters. The van der Waals surface area contributed by atoms with Gasteiger partial charge in [-0.25, -0.2) is 0 Å². The first-order chi connectivity index (χ1) is 8.16. The van der Waals surface area contributed by atoms with Gasteiger partial charge in [-0.2, -0.15) is 0 Å². The molecule has 4 nitrogen and oxygen atoms in total. The topological polar surface area (TPSA) is 56.2 Å². The Labute approximate surface area is 107 Å². The molecule has 0 atom stereocenters. The van der Waals surface area contributed by atoms with Crippen LogP contribution in [-0.4, -0.2) is 14.6 Å². The monoisotopic (exact) mass is 264 g/mol. The van der Waals surface area contributed by atoms with Crippen molar-refractivity contribution in [3.8, 4) is 11.4 Å². The highest BCUT2D eigenvalue weighted by atomic mass is 35.5. The molecule has 2 heterocycles. The van der Waals surface area contributed by atoms with Crippen molar-refractivity contribution in [2.24, 2.45) is 0 Å². The van der Waals surface area contributed by atoms with Crippen molar-refractivity contribution in [1.29, 1.82) is 0 Å². The Bertz CT molecular complexity index is 701. The molecule has 3 rings (SSSR count). The fourth-order valence-corrected chi connectivity index (χ4v) is 2.65. The van der Waals surface area contributed by atoms with E-state index in [1.54, 1.807) is 17.4 Å². The van der Waals surface area contributed by atoms with Gasteiger partial charge in [0.15, 0.2) is 5.82 Å². The molecule has 2 aromatic heterocycles. The van der Waals surface area contributed by atoms with Crippen molar-refractivity contribution in [1.82, 2.24) is 14.6 Å². The van der Waals surface area contributed by atoms with Crippen molar-refractivity contribution >= 4 is 33.6 Å². The van der Waals surface area contributed by atoms with E-state index in [2.05, 4.69) is 10.2 Å². The van der Waals surface area contributed by atoms with Gasteiger partial charge in [-0.1, -0.05) is 11.6 Å². The van der Waals surface area contributed by atoms with Crippen molar-refractivity contribution in [3.05, 3.63) is 34.3 Å². The van der Waals surface area contributed by atoms with Crippen LogP contribution in [0.1, 0.15) is 5.69 Å². The summed E-state index contributed by atoms with van der Waals surface area (Å²) in [5, 5.41) is 10.9. The summed E-state index contributed by atoms with van der Waals surface area (Å²) in [4.78, 5) is 0.881. The Balaban J connectivity index is 2.26. The molecule has 1 aromatic carbocycles. The molecule has 0 fully saturated rings. The smallest absolute Gasteiger partial charge is 0.216 e. The third-order valence-corrected chi connectivity index (χ3v) is 3.85. The van der Waals surface area contributed by atoms with E-state index in [-0.39, 0.29) is 0 Å². The lowest BCUT2D eigenvalue weighted by atomic mass is 10.2.